The molecule has 1 saturated carbocycles. The summed E-state index contributed by atoms with van der Waals surface area (Å²) in [5, 5.41) is 14.5. The fourth-order valence-electron chi connectivity index (χ4n) is 4.69. The topological polar surface area (TPSA) is 128 Å². The molecule has 0 spiro atoms. The van der Waals surface area contributed by atoms with E-state index in [1.807, 2.05) is 26.8 Å². The van der Waals surface area contributed by atoms with Crippen molar-refractivity contribution in [3.8, 4) is 6.07 Å². The van der Waals surface area contributed by atoms with Crippen LogP contribution in [0.1, 0.15) is 50.2 Å². The van der Waals surface area contributed by atoms with Gasteiger partial charge in [0.25, 0.3) is 0 Å². The quantitative estimate of drug-likeness (QED) is 0.609. The van der Waals surface area contributed by atoms with Crippen molar-refractivity contribution < 1.29 is 17.1 Å². The molecule has 3 aliphatic rings. The first kappa shape index (κ1) is 18.9. The van der Waals surface area contributed by atoms with Crippen molar-refractivity contribution >= 4 is 17.7 Å². The van der Waals surface area contributed by atoms with Gasteiger partial charge in [-0.15, -0.1) is 0 Å². The molecule has 4 N–H and O–H groups in total. The molecule has 2 saturated heterocycles. The molecule has 1 unspecified atom stereocenters. The number of nitrogens with two attached hydrogens (primary N) is 1. The molecule has 8 heteroatoms. The smallest absolute Gasteiger partial charge is 0.244 e. The summed E-state index contributed by atoms with van der Waals surface area (Å²) in [5.74, 6) is -1.65. The lowest BCUT2D eigenvalue weighted by Gasteiger charge is -2.35. The second-order valence-corrected chi connectivity index (χ2v) is 10.2. The first-order valence-electron chi connectivity index (χ1n) is 11.2. The van der Waals surface area contributed by atoms with Crippen LogP contribution in [-0.2, 0) is 14.4 Å². The van der Waals surface area contributed by atoms with E-state index in [1.165, 1.54) is 0 Å². The molecule has 0 aromatic heterocycles. The Hall–Kier alpha value is -2.14. The maximum atomic E-state index is 13.2. The molecule has 8 nitrogen and oxygen atoms in total. The second-order valence-electron chi connectivity index (χ2n) is 10.2. The minimum atomic E-state index is -1.81. The third-order valence-electron chi connectivity index (χ3n) is 6.88. The number of nitrogens with zero attached hydrogens (tertiary/aromatic N) is 2. The lowest BCUT2D eigenvalue weighted by Crippen LogP contribution is -2.57. The summed E-state index contributed by atoms with van der Waals surface area (Å²) in [6.07, 6.45) is -0.0284. The minimum absolute atomic E-state index is 0.00752. The Kier molecular flexibility index (Phi) is 4.73. The molecule has 0 bridgehead atoms. The van der Waals surface area contributed by atoms with Crippen molar-refractivity contribution in [1.82, 2.24) is 15.5 Å². The summed E-state index contributed by atoms with van der Waals surface area (Å²) in [7, 11) is 0. The summed E-state index contributed by atoms with van der Waals surface area (Å²) < 4.78 is 15.3. The van der Waals surface area contributed by atoms with Gasteiger partial charge < -0.3 is 21.3 Å². The maximum Gasteiger partial charge on any atom is 0.244 e. The standard InChI is InChI=1S/C21H33N5O3/c1-20(2,3)16(23)19(29)26-10-13-14(21(13,4)5)15(26)18(28)25-12(9-22)8-11-6-7-24-17(11)27/h11-16H,6-8,10,23H2,1-5H3,(H,24,27)(H,25,28)/t11?,12-,13-,14-,15-,16+/m0/s1/i7D2. The molecule has 0 radical (unpaired) electrons. The van der Waals surface area contributed by atoms with Crippen LogP contribution in [-0.4, -0.2) is 53.8 Å². The number of rotatable bonds is 5. The van der Waals surface area contributed by atoms with Gasteiger partial charge in [-0.1, -0.05) is 34.6 Å². The number of amides is 3. The van der Waals surface area contributed by atoms with Crippen molar-refractivity contribution in [3.63, 3.8) is 0 Å². The summed E-state index contributed by atoms with van der Waals surface area (Å²) in [5.41, 5.74) is 5.66. The van der Waals surface area contributed by atoms with Crippen molar-refractivity contribution in [2.24, 2.45) is 34.3 Å². The summed E-state index contributed by atoms with van der Waals surface area (Å²) >= 11 is 0. The van der Waals surface area contributed by atoms with Gasteiger partial charge in [0.15, 0.2) is 0 Å². The van der Waals surface area contributed by atoms with Crippen LogP contribution in [0.5, 0.6) is 0 Å². The Morgan fingerprint density at radius 1 is 1.48 bits per heavy atom. The zero-order valence-corrected chi connectivity index (χ0v) is 17.8. The van der Waals surface area contributed by atoms with Crippen LogP contribution in [0.3, 0.4) is 0 Å². The van der Waals surface area contributed by atoms with Crippen LogP contribution in [0.25, 0.3) is 0 Å². The molecular formula is C21H33N5O3. The summed E-state index contributed by atoms with van der Waals surface area (Å²) in [6.45, 7) is 8.42. The van der Waals surface area contributed by atoms with Gasteiger partial charge in [-0.25, -0.2) is 0 Å². The zero-order valence-electron chi connectivity index (χ0n) is 19.8. The van der Waals surface area contributed by atoms with Crippen molar-refractivity contribution in [1.29, 1.82) is 5.26 Å². The lowest BCUT2D eigenvalue weighted by atomic mass is 9.86. The number of carbonyl (C=O) groups excluding carboxylic acids is 3. The lowest BCUT2D eigenvalue weighted by molar-refractivity contribution is -0.143. The van der Waals surface area contributed by atoms with Crippen molar-refractivity contribution in [2.45, 2.75) is 65.6 Å². The molecule has 29 heavy (non-hydrogen) atoms. The first-order valence-corrected chi connectivity index (χ1v) is 10.2. The molecule has 160 valence electrons. The Bertz CT molecular complexity index is 832. The molecule has 1 aliphatic carbocycles. The fraction of sp³-hybridized carbons (Fsp3) is 0.810. The molecule has 6 atom stereocenters. The maximum absolute atomic E-state index is 13.2. The second kappa shape index (κ2) is 7.28. The van der Waals surface area contributed by atoms with Gasteiger partial charge in [0, 0.05) is 21.7 Å². The molecule has 0 aromatic carbocycles. The van der Waals surface area contributed by atoms with Gasteiger partial charge in [-0.05, 0) is 35.5 Å². The SMILES string of the molecule is [2H]C1([2H])CC(C[C@@H](C#N)NC(=O)[C@@H]2[C@@H]3[C@H](CN2C(=O)[C@@H](N)C(C)(C)C)C3(C)C)C(=O)N1. The van der Waals surface area contributed by atoms with E-state index in [-0.39, 0.29) is 36.0 Å². The zero-order chi connectivity index (χ0) is 23.5. The van der Waals surface area contributed by atoms with E-state index in [1.54, 1.807) is 4.90 Å². The number of fused-ring (bicyclic) bond motifs is 1. The predicted molar refractivity (Wildman–Crippen MR) is 107 cm³/mol. The predicted octanol–water partition coefficient (Wildman–Crippen LogP) is 0.377. The summed E-state index contributed by atoms with van der Waals surface area (Å²) in [6, 6.07) is -0.402. The Labute approximate surface area is 175 Å². The van der Waals surface area contributed by atoms with E-state index < -0.39 is 47.8 Å². The Balaban J connectivity index is 1.73. The molecule has 2 heterocycles. The number of carbonyl (C=O) groups is 3. The highest BCUT2D eigenvalue weighted by atomic mass is 16.2. The molecule has 0 aromatic rings. The Morgan fingerprint density at radius 3 is 2.66 bits per heavy atom. The number of likely N-dealkylation sites (tertiary alicyclic amines) is 1. The van der Waals surface area contributed by atoms with Crippen molar-refractivity contribution in [2.75, 3.05) is 13.0 Å². The van der Waals surface area contributed by atoms with E-state index in [9.17, 15) is 19.6 Å². The third-order valence-corrected chi connectivity index (χ3v) is 6.88. The van der Waals surface area contributed by atoms with E-state index in [2.05, 4.69) is 24.5 Å². The van der Waals surface area contributed by atoms with E-state index in [4.69, 9.17) is 8.48 Å². The average molecular weight is 406 g/mol. The monoisotopic (exact) mass is 405 g/mol. The molecule has 3 amide bonds. The average Bonchev–Trinajstić information content (AvgIpc) is 2.96. The normalized spacial score (nSPS) is 34.8. The third kappa shape index (κ3) is 3.85. The van der Waals surface area contributed by atoms with Gasteiger partial charge in [0.1, 0.15) is 12.1 Å². The van der Waals surface area contributed by atoms with Crippen LogP contribution < -0.4 is 16.4 Å². The highest BCUT2D eigenvalue weighted by Crippen LogP contribution is 2.65. The van der Waals surface area contributed by atoms with E-state index >= 15 is 0 Å². The molecular weight excluding hydrogens is 370 g/mol. The van der Waals surface area contributed by atoms with Gasteiger partial charge in [-0.2, -0.15) is 5.26 Å². The molecule has 3 fully saturated rings. The highest BCUT2D eigenvalue weighted by Gasteiger charge is 2.69. The van der Waals surface area contributed by atoms with Crippen LogP contribution in [0.15, 0.2) is 0 Å². The number of nitriles is 1. The largest absolute Gasteiger partial charge is 0.356 e. The highest BCUT2D eigenvalue weighted by molar-refractivity contribution is 5.92. The van der Waals surface area contributed by atoms with Gasteiger partial charge in [0.2, 0.25) is 17.7 Å². The van der Waals surface area contributed by atoms with Crippen LogP contribution in [0.2, 0.25) is 0 Å². The van der Waals surface area contributed by atoms with Gasteiger partial charge in [0.05, 0.1) is 12.1 Å². The molecule has 3 rings (SSSR count). The van der Waals surface area contributed by atoms with Crippen LogP contribution in [0.4, 0.5) is 0 Å². The number of piperidine rings is 1. The summed E-state index contributed by atoms with van der Waals surface area (Å²) in [4.78, 5) is 39.9. The van der Waals surface area contributed by atoms with E-state index in [0.29, 0.717) is 6.54 Å². The van der Waals surface area contributed by atoms with E-state index in [0.717, 1.165) is 0 Å². The van der Waals surface area contributed by atoms with Crippen LogP contribution >= 0.6 is 0 Å². The number of nitrogens with one attached hydrogen (secondary N) is 2. The molecule has 2 aliphatic heterocycles. The minimum Gasteiger partial charge on any atom is -0.356 e. The van der Waals surface area contributed by atoms with Crippen molar-refractivity contribution in [3.05, 3.63) is 0 Å². The number of hydrogen-bond donors (Lipinski definition) is 3. The van der Waals surface area contributed by atoms with Gasteiger partial charge >= 0.3 is 0 Å². The fourth-order valence-corrected chi connectivity index (χ4v) is 4.69. The number of hydrogen-bond acceptors (Lipinski definition) is 5. The van der Waals surface area contributed by atoms with Gasteiger partial charge in [-0.3, -0.25) is 14.4 Å². The first-order chi connectivity index (χ1) is 14.1. The Morgan fingerprint density at radius 2 is 2.14 bits per heavy atom. The van der Waals surface area contributed by atoms with Crippen LogP contribution in [0, 0.1) is 39.9 Å².